The zero-order valence-corrected chi connectivity index (χ0v) is 19.2. The van der Waals surface area contributed by atoms with Gasteiger partial charge in [0.1, 0.15) is 10.9 Å². The highest BCUT2D eigenvalue weighted by Crippen LogP contribution is 2.35. The monoisotopic (exact) mass is 451 g/mol. The van der Waals surface area contributed by atoms with Gasteiger partial charge in [-0.2, -0.15) is 0 Å². The molecule has 1 saturated heterocycles. The molecule has 164 valence electrons. The number of ether oxygens (including phenoxy) is 2. The molecule has 0 aliphatic carbocycles. The Morgan fingerprint density at radius 1 is 1.10 bits per heavy atom. The van der Waals surface area contributed by atoms with E-state index in [9.17, 15) is 9.59 Å². The van der Waals surface area contributed by atoms with Gasteiger partial charge < -0.3 is 14.6 Å². The summed E-state index contributed by atoms with van der Waals surface area (Å²) in [5, 5.41) is 8.96. The SMILES string of the molecule is CCCCCOc1ccc(C=C2SC(=S)N(CC(=O)O)C2=O)cc1OCCCCC. The number of thioether (sulfide) groups is 1. The first-order chi connectivity index (χ1) is 14.5. The van der Waals surface area contributed by atoms with Crippen LogP contribution in [-0.2, 0) is 9.59 Å². The molecule has 2 rings (SSSR count). The second kappa shape index (κ2) is 12.6. The minimum Gasteiger partial charge on any atom is -0.490 e. The number of thiocarbonyl (C=S) groups is 1. The molecule has 1 N–H and O–H groups in total. The molecule has 1 aliphatic heterocycles. The molecule has 1 heterocycles. The lowest BCUT2D eigenvalue weighted by atomic mass is 10.1. The fraction of sp³-hybridized carbons (Fsp3) is 0.500. The van der Waals surface area contributed by atoms with Crippen molar-refractivity contribution in [3.05, 3.63) is 28.7 Å². The largest absolute Gasteiger partial charge is 0.490 e. The molecule has 0 spiro atoms. The van der Waals surface area contributed by atoms with Gasteiger partial charge in [-0.1, -0.05) is 69.6 Å². The Hall–Kier alpha value is -2.06. The normalized spacial score (nSPS) is 15.1. The molecule has 0 saturated carbocycles. The average Bonchev–Trinajstić information content (AvgIpc) is 2.96. The highest BCUT2D eigenvalue weighted by molar-refractivity contribution is 8.26. The van der Waals surface area contributed by atoms with Crippen molar-refractivity contribution in [2.75, 3.05) is 19.8 Å². The number of hydrogen-bond donors (Lipinski definition) is 1. The second-order valence-corrected chi connectivity index (χ2v) is 8.65. The Labute approximate surface area is 187 Å². The third kappa shape index (κ3) is 7.32. The molecule has 0 bridgehead atoms. The number of hydrogen-bond acceptors (Lipinski definition) is 6. The molecule has 0 radical (unpaired) electrons. The number of carbonyl (C=O) groups excluding carboxylic acids is 1. The van der Waals surface area contributed by atoms with Gasteiger partial charge >= 0.3 is 5.97 Å². The van der Waals surface area contributed by atoms with Gasteiger partial charge in [0.25, 0.3) is 5.91 Å². The minimum atomic E-state index is -1.10. The summed E-state index contributed by atoms with van der Waals surface area (Å²) < 4.78 is 12.1. The molecule has 1 aromatic rings. The van der Waals surface area contributed by atoms with Gasteiger partial charge in [-0.05, 0) is 36.6 Å². The lowest BCUT2D eigenvalue weighted by Gasteiger charge is -2.14. The Morgan fingerprint density at radius 2 is 1.73 bits per heavy atom. The number of amides is 1. The van der Waals surface area contributed by atoms with E-state index in [1.807, 2.05) is 18.2 Å². The first-order valence-corrected chi connectivity index (χ1v) is 11.6. The fourth-order valence-corrected chi connectivity index (χ4v) is 4.09. The van der Waals surface area contributed by atoms with E-state index >= 15 is 0 Å². The van der Waals surface area contributed by atoms with Crippen molar-refractivity contribution >= 4 is 46.3 Å². The zero-order chi connectivity index (χ0) is 21.9. The molecular weight excluding hydrogens is 422 g/mol. The smallest absolute Gasteiger partial charge is 0.323 e. The Morgan fingerprint density at radius 3 is 2.33 bits per heavy atom. The molecule has 30 heavy (non-hydrogen) atoms. The summed E-state index contributed by atoms with van der Waals surface area (Å²) in [6.07, 6.45) is 8.11. The van der Waals surface area contributed by atoms with E-state index in [4.69, 9.17) is 26.8 Å². The van der Waals surface area contributed by atoms with Crippen LogP contribution in [0.5, 0.6) is 11.5 Å². The molecule has 1 aromatic carbocycles. The van der Waals surface area contributed by atoms with Crippen molar-refractivity contribution in [1.82, 2.24) is 4.90 Å². The summed E-state index contributed by atoms with van der Waals surface area (Å²) in [4.78, 5) is 24.9. The van der Waals surface area contributed by atoms with Crippen molar-refractivity contribution in [3.8, 4) is 11.5 Å². The molecule has 0 unspecified atom stereocenters. The van der Waals surface area contributed by atoms with Crippen LogP contribution in [-0.4, -0.2) is 46.0 Å². The van der Waals surface area contributed by atoms with E-state index in [0.717, 1.165) is 60.8 Å². The van der Waals surface area contributed by atoms with Crippen molar-refractivity contribution in [2.24, 2.45) is 0 Å². The maximum Gasteiger partial charge on any atom is 0.323 e. The number of benzene rings is 1. The summed E-state index contributed by atoms with van der Waals surface area (Å²) in [6.45, 7) is 5.09. The van der Waals surface area contributed by atoms with Gasteiger partial charge in [0.2, 0.25) is 0 Å². The number of carboxylic acid groups (broad SMARTS) is 1. The molecule has 0 atom stereocenters. The number of aliphatic carboxylic acids is 1. The number of nitrogens with zero attached hydrogens (tertiary/aromatic N) is 1. The number of carboxylic acids is 1. The Kier molecular flexibility index (Phi) is 10.2. The van der Waals surface area contributed by atoms with Crippen LogP contribution >= 0.6 is 24.0 Å². The van der Waals surface area contributed by atoms with E-state index in [0.29, 0.717) is 29.6 Å². The van der Waals surface area contributed by atoms with Gasteiger partial charge in [0.15, 0.2) is 11.5 Å². The summed E-state index contributed by atoms with van der Waals surface area (Å²) in [7, 11) is 0. The van der Waals surface area contributed by atoms with E-state index in [2.05, 4.69) is 13.8 Å². The zero-order valence-electron chi connectivity index (χ0n) is 17.5. The molecule has 1 fully saturated rings. The number of unbranched alkanes of at least 4 members (excludes halogenated alkanes) is 4. The number of carbonyl (C=O) groups is 2. The van der Waals surface area contributed by atoms with Crippen molar-refractivity contribution < 1.29 is 24.2 Å². The van der Waals surface area contributed by atoms with Crippen LogP contribution in [0.1, 0.15) is 57.9 Å². The van der Waals surface area contributed by atoms with E-state index < -0.39 is 18.4 Å². The first-order valence-electron chi connectivity index (χ1n) is 10.3. The van der Waals surface area contributed by atoms with Crippen LogP contribution in [0.2, 0.25) is 0 Å². The summed E-state index contributed by atoms with van der Waals surface area (Å²) >= 11 is 6.25. The van der Waals surface area contributed by atoms with Crippen LogP contribution in [0.4, 0.5) is 0 Å². The Balaban J connectivity index is 2.16. The highest BCUT2D eigenvalue weighted by Gasteiger charge is 2.33. The first kappa shape index (κ1) is 24.2. The van der Waals surface area contributed by atoms with Crippen LogP contribution < -0.4 is 9.47 Å². The van der Waals surface area contributed by atoms with Gasteiger partial charge in [-0.15, -0.1) is 0 Å². The third-order valence-electron chi connectivity index (χ3n) is 4.44. The lowest BCUT2D eigenvalue weighted by Crippen LogP contribution is -2.33. The summed E-state index contributed by atoms with van der Waals surface area (Å²) in [6, 6.07) is 5.56. The van der Waals surface area contributed by atoms with Crippen LogP contribution in [0.3, 0.4) is 0 Å². The van der Waals surface area contributed by atoms with Crippen molar-refractivity contribution in [1.29, 1.82) is 0 Å². The minimum absolute atomic E-state index is 0.251. The molecule has 6 nitrogen and oxygen atoms in total. The van der Waals surface area contributed by atoms with E-state index in [-0.39, 0.29) is 4.32 Å². The maximum atomic E-state index is 12.5. The quantitative estimate of drug-likeness (QED) is 0.254. The van der Waals surface area contributed by atoms with Crippen molar-refractivity contribution in [3.63, 3.8) is 0 Å². The molecule has 1 aliphatic rings. The van der Waals surface area contributed by atoms with Gasteiger partial charge in [-0.25, -0.2) is 0 Å². The molecular formula is C22H29NO5S2. The van der Waals surface area contributed by atoms with Gasteiger partial charge in [0.05, 0.1) is 18.1 Å². The lowest BCUT2D eigenvalue weighted by molar-refractivity contribution is -0.140. The summed E-state index contributed by atoms with van der Waals surface area (Å²) in [5.41, 5.74) is 0.775. The maximum absolute atomic E-state index is 12.5. The van der Waals surface area contributed by atoms with Crippen LogP contribution in [0.15, 0.2) is 23.1 Å². The predicted molar refractivity (Wildman–Crippen MR) is 124 cm³/mol. The third-order valence-corrected chi connectivity index (χ3v) is 5.82. The summed E-state index contributed by atoms with van der Waals surface area (Å²) in [5.74, 6) is -0.145. The molecule has 1 amide bonds. The highest BCUT2D eigenvalue weighted by atomic mass is 32.2. The molecule has 8 heteroatoms. The fourth-order valence-electron chi connectivity index (χ4n) is 2.84. The van der Waals surface area contributed by atoms with Crippen molar-refractivity contribution in [2.45, 2.75) is 52.4 Å². The molecule has 0 aromatic heterocycles. The van der Waals surface area contributed by atoms with Gasteiger partial charge in [0, 0.05) is 0 Å². The second-order valence-electron chi connectivity index (χ2n) is 6.98. The standard InChI is InChI=1S/C22H29NO5S2/c1-3-5-7-11-27-17-10-9-16(13-18(17)28-12-8-6-4-2)14-19-21(26)23(15-20(24)25)22(29)30-19/h9-10,13-14H,3-8,11-12,15H2,1-2H3,(H,24,25). The van der Waals surface area contributed by atoms with Gasteiger partial charge in [-0.3, -0.25) is 14.5 Å². The van der Waals surface area contributed by atoms with E-state index in [1.54, 1.807) is 6.08 Å². The topological polar surface area (TPSA) is 76.1 Å². The average molecular weight is 452 g/mol. The van der Waals surface area contributed by atoms with Crippen LogP contribution in [0.25, 0.3) is 6.08 Å². The Bertz CT molecular complexity index is 794. The van der Waals surface area contributed by atoms with E-state index in [1.165, 1.54) is 0 Å². The van der Waals surface area contributed by atoms with Crippen LogP contribution in [0, 0.1) is 0 Å². The predicted octanol–water partition coefficient (Wildman–Crippen LogP) is 5.11. The number of rotatable bonds is 13.